The van der Waals surface area contributed by atoms with E-state index in [2.05, 4.69) is 15.3 Å². The van der Waals surface area contributed by atoms with Crippen LogP contribution in [-0.4, -0.2) is 105 Å². The van der Waals surface area contributed by atoms with Gasteiger partial charge in [0.1, 0.15) is 23.9 Å². The molecule has 2 unspecified atom stereocenters. The molecule has 4 N–H and O–H groups in total. The molecule has 1 saturated heterocycles. The number of carbonyl (C=O) groups excluding carboxylic acids is 6. The number of ether oxygens (including phenoxy) is 5. The van der Waals surface area contributed by atoms with Crippen LogP contribution in [0.4, 0.5) is 5.69 Å². The average Bonchev–Trinajstić information content (AvgIpc) is 3.26. The number of nitrogens with one attached hydrogen (secondary N) is 1. The minimum Gasteiger partial charge on any atom is -0.456 e. The van der Waals surface area contributed by atoms with Gasteiger partial charge in [0.15, 0.2) is 23.6 Å². The second-order valence-corrected chi connectivity index (χ2v) is 17.7. The number of Topliss-reactive ketones (excluding diaryl/α,β-unsaturated/α-hetero) is 1. The Morgan fingerprint density at radius 1 is 0.892 bits per heavy atom. The number of hydrogen-bond acceptors (Lipinski definition) is 15. The lowest BCUT2D eigenvalue weighted by Crippen LogP contribution is -2.82. The van der Waals surface area contributed by atoms with Crippen molar-refractivity contribution < 1.29 is 67.8 Å². The van der Waals surface area contributed by atoms with Crippen LogP contribution in [0.2, 0.25) is 0 Å². The van der Waals surface area contributed by atoms with E-state index in [9.17, 15) is 39.3 Å². The maximum Gasteiger partial charge on any atom is 0.338 e. The zero-order chi connectivity index (χ0) is 47.2. The van der Waals surface area contributed by atoms with E-state index in [4.69, 9.17) is 29.2 Å². The van der Waals surface area contributed by atoms with Gasteiger partial charge in [-0.15, -0.1) is 0 Å². The van der Waals surface area contributed by atoms with Crippen LogP contribution in [0.5, 0.6) is 0 Å². The number of benzene rings is 3. The summed E-state index contributed by atoms with van der Waals surface area (Å²) in [7, 11) is 0. The number of aliphatic hydroxyl groups is 3. The highest BCUT2D eigenvalue weighted by Gasteiger charge is 2.78. The molecule has 3 aliphatic carbocycles. The quantitative estimate of drug-likeness (QED) is 0.0509. The van der Waals surface area contributed by atoms with E-state index in [0.29, 0.717) is 5.56 Å². The standard InChI is InChI=1S/C47H50N4O14/c1-24-31(63-43(59)36(55)35(27-13-9-7-10-14-27)49-41(57)28-17-19-30(20-18-28)50-51-48)22-47(60)40(64-42(58)29-15-11-8-12-16-29)38-45(6,32(54)21-33-46(38,23-61-33)65-26(3)53)39(56)37(62-25(2)52)34(24)44(47,4)5/h7-20,31-33,35-38,40,54-55,60H,21-23H2,1-6H3,(H,49,57)/t31-,32-,33+,35?,36+,37+,38?,40-,45+,46-,47+/m0/s1. The van der Waals surface area contributed by atoms with Crippen molar-refractivity contribution in [2.75, 3.05) is 6.61 Å². The van der Waals surface area contributed by atoms with Crippen LogP contribution >= 0.6 is 0 Å². The molecule has 0 aromatic heterocycles. The van der Waals surface area contributed by atoms with E-state index < -0.39 is 113 Å². The van der Waals surface area contributed by atoms with Crippen LogP contribution in [0.3, 0.4) is 0 Å². The molecule has 65 heavy (non-hydrogen) atoms. The number of ketones is 1. The first-order chi connectivity index (χ1) is 30.7. The smallest absolute Gasteiger partial charge is 0.338 e. The van der Waals surface area contributed by atoms with Gasteiger partial charge in [-0.25, -0.2) is 9.59 Å². The highest BCUT2D eigenvalue weighted by molar-refractivity contribution is 5.96. The second-order valence-electron chi connectivity index (χ2n) is 17.7. The highest BCUT2D eigenvalue weighted by atomic mass is 16.6. The van der Waals surface area contributed by atoms with Gasteiger partial charge in [0.05, 0.1) is 35.6 Å². The van der Waals surface area contributed by atoms with E-state index in [-0.39, 0.29) is 41.0 Å². The summed E-state index contributed by atoms with van der Waals surface area (Å²) in [5.41, 5.74) is 1.60. The number of nitrogens with zero attached hydrogens (tertiary/aromatic N) is 3. The molecule has 3 fully saturated rings. The maximum absolute atomic E-state index is 15.5. The van der Waals surface area contributed by atoms with Crippen molar-refractivity contribution in [2.45, 2.75) is 108 Å². The number of amides is 1. The molecule has 4 aliphatic rings. The van der Waals surface area contributed by atoms with Crippen molar-refractivity contribution in [2.24, 2.45) is 21.9 Å². The molecule has 2 bridgehead atoms. The van der Waals surface area contributed by atoms with Gasteiger partial charge >= 0.3 is 23.9 Å². The fourth-order valence-corrected chi connectivity index (χ4v) is 10.3. The molecule has 7 rings (SSSR count). The first-order valence-electron chi connectivity index (χ1n) is 21.0. The molecule has 1 amide bonds. The normalized spacial score (nSPS) is 30.8. The van der Waals surface area contributed by atoms with Crippen molar-refractivity contribution >= 4 is 41.3 Å². The minimum absolute atomic E-state index is 0.0306. The predicted molar refractivity (Wildman–Crippen MR) is 226 cm³/mol. The summed E-state index contributed by atoms with van der Waals surface area (Å²) in [5, 5.41) is 43.8. The van der Waals surface area contributed by atoms with Gasteiger partial charge in [-0.05, 0) is 60.4 Å². The zero-order valence-electron chi connectivity index (χ0n) is 36.5. The molecule has 2 saturated carbocycles. The topological polar surface area (TPSA) is 270 Å². The van der Waals surface area contributed by atoms with Gasteiger partial charge in [-0.1, -0.05) is 79.6 Å². The van der Waals surface area contributed by atoms with Crippen LogP contribution in [0.1, 0.15) is 86.7 Å². The second kappa shape index (κ2) is 17.5. The van der Waals surface area contributed by atoms with Crippen molar-refractivity contribution in [1.29, 1.82) is 0 Å². The van der Waals surface area contributed by atoms with Gasteiger partial charge < -0.3 is 44.3 Å². The van der Waals surface area contributed by atoms with E-state index in [0.717, 1.165) is 13.8 Å². The predicted octanol–water partition coefficient (Wildman–Crippen LogP) is 4.68. The summed E-state index contributed by atoms with van der Waals surface area (Å²) in [6.07, 6.45) is -10.8. The Labute approximate surface area is 373 Å². The number of fused-ring (bicyclic) bond motifs is 5. The Kier molecular flexibility index (Phi) is 12.5. The van der Waals surface area contributed by atoms with Crippen molar-refractivity contribution in [3.8, 4) is 0 Å². The molecule has 0 spiro atoms. The van der Waals surface area contributed by atoms with E-state index >= 15 is 4.79 Å². The van der Waals surface area contributed by atoms with Crippen LogP contribution < -0.4 is 5.32 Å². The van der Waals surface area contributed by atoms with E-state index in [1.807, 2.05) is 0 Å². The fraction of sp³-hybridized carbons (Fsp3) is 0.447. The number of rotatable bonds is 11. The molecule has 3 aromatic carbocycles. The third kappa shape index (κ3) is 7.95. The molecular formula is C47H50N4O14. The van der Waals surface area contributed by atoms with Crippen LogP contribution in [-0.2, 0) is 42.9 Å². The summed E-state index contributed by atoms with van der Waals surface area (Å²) in [6, 6.07) is 20.0. The minimum atomic E-state index is -2.42. The Bertz CT molecular complexity index is 2470. The molecule has 0 radical (unpaired) electrons. The number of aliphatic hydroxyl groups excluding tert-OH is 2. The summed E-state index contributed by atoms with van der Waals surface area (Å²) < 4.78 is 30.3. The molecule has 3 aromatic rings. The third-order valence-corrected chi connectivity index (χ3v) is 13.7. The molecule has 11 atom stereocenters. The number of hydrogen-bond donors (Lipinski definition) is 4. The zero-order valence-corrected chi connectivity index (χ0v) is 36.5. The first-order valence-corrected chi connectivity index (χ1v) is 21.0. The molecule has 1 heterocycles. The van der Waals surface area contributed by atoms with Gasteiger partial charge in [0.25, 0.3) is 5.91 Å². The lowest BCUT2D eigenvalue weighted by Gasteiger charge is -2.67. The summed E-state index contributed by atoms with van der Waals surface area (Å²) >= 11 is 0. The van der Waals surface area contributed by atoms with E-state index in [1.54, 1.807) is 62.4 Å². The average molecular weight is 895 g/mol. The molecule has 342 valence electrons. The van der Waals surface area contributed by atoms with Gasteiger partial charge in [0.2, 0.25) is 0 Å². The van der Waals surface area contributed by atoms with Crippen LogP contribution in [0, 0.1) is 16.7 Å². The van der Waals surface area contributed by atoms with Gasteiger partial charge in [0, 0.05) is 48.3 Å². The van der Waals surface area contributed by atoms with Crippen molar-refractivity contribution in [3.63, 3.8) is 0 Å². The lowest BCUT2D eigenvalue weighted by atomic mass is 9.44. The SMILES string of the molecule is CC(=O)O[C@H]1C(=O)[C@@]2(C)C([C@H](OC(=O)c3ccccc3)[C@]3(O)C[C@H](OC(=O)[C@H](O)C(NC(=O)c4ccc(N=[N+]=[N-])cc4)c4ccccc4)C(C)=C1C3(C)C)[C@]1(OC(C)=O)CO[C@@H]1C[C@@H]2O. The monoisotopic (exact) mass is 894 g/mol. The summed E-state index contributed by atoms with van der Waals surface area (Å²) in [5.74, 6) is -7.11. The Morgan fingerprint density at radius 2 is 1.52 bits per heavy atom. The summed E-state index contributed by atoms with van der Waals surface area (Å²) in [6.45, 7) is 7.85. The third-order valence-electron chi connectivity index (χ3n) is 13.7. The fourth-order valence-electron chi connectivity index (χ4n) is 10.3. The van der Waals surface area contributed by atoms with Crippen molar-refractivity contribution in [3.05, 3.63) is 123 Å². The van der Waals surface area contributed by atoms with Crippen LogP contribution in [0.25, 0.3) is 10.4 Å². The molecule has 18 heteroatoms. The Balaban J connectivity index is 1.36. The lowest BCUT2D eigenvalue weighted by molar-refractivity contribution is -0.346. The van der Waals surface area contributed by atoms with Gasteiger partial charge in [-0.2, -0.15) is 0 Å². The molecular weight excluding hydrogens is 845 g/mol. The number of esters is 4. The molecule has 18 nitrogen and oxygen atoms in total. The van der Waals surface area contributed by atoms with Gasteiger partial charge in [-0.3, -0.25) is 19.2 Å². The van der Waals surface area contributed by atoms with Crippen molar-refractivity contribution in [1.82, 2.24) is 5.32 Å². The first kappa shape index (κ1) is 46.6. The van der Waals surface area contributed by atoms with E-state index in [1.165, 1.54) is 50.2 Å². The highest BCUT2D eigenvalue weighted by Crippen LogP contribution is 2.64. The number of carbonyl (C=O) groups is 6. The number of azide groups is 1. The largest absolute Gasteiger partial charge is 0.456 e. The Morgan fingerprint density at radius 3 is 2.09 bits per heavy atom. The maximum atomic E-state index is 15.5. The summed E-state index contributed by atoms with van der Waals surface area (Å²) in [4.78, 5) is 86.5. The van der Waals surface area contributed by atoms with Crippen LogP contribution in [0.15, 0.2) is 101 Å². The Hall–Kier alpha value is -6.43. The molecule has 1 aliphatic heterocycles.